The first-order valence-corrected chi connectivity index (χ1v) is 10.7. The Morgan fingerprint density at radius 2 is 1.79 bits per heavy atom. The fourth-order valence-electron chi connectivity index (χ4n) is 3.50. The lowest BCUT2D eigenvalue weighted by Gasteiger charge is -2.20. The molecule has 0 atom stereocenters. The lowest BCUT2D eigenvalue weighted by molar-refractivity contribution is -0.118. The Hall–Kier alpha value is -4.47. The SMILES string of the molecule is Cc1ccc(-c2nnc(CCC(=O)N(C)c3c(N)n(Cc4ccccc4)c(=O)[nH]c3=O)o2)cc1. The molecule has 2 heterocycles. The second-order valence-electron chi connectivity index (χ2n) is 7.88. The van der Waals surface area contributed by atoms with Crippen LogP contribution in [0.4, 0.5) is 11.5 Å². The normalized spacial score (nSPS) is 10.9. The highest BCUT2D eigenvalue weighted by molar-refractivity contribution is 5.95. The molecule has 4 aromatic rings. The van der Waals surface area contributed by atoms with Crippen LogP contribution in [-0.2, 0) is 17.8 Å². The molecule has 0 aliphatic carbocycles. The van der Waals surface area contributed by atoms with E-state index in [2.05, 4.69) is 15.2 Å². The quantitative estimate of drug-likeness (QED) is 0.430. The van der Waals surface area contributed by atoms with E-state index in [4.69, 9.17) is 10.2 Å². The number of nitrogens with two attached hydrogens (primary N) is 1. The molecule has 0 aliphatic rings. The van der Waals surface area contributed by atoms with Gasteiger partial charge in [0.05, 0.1) is 6.54 Å². The smallest absolute Gasteiger partial charge is 0.330 e. The summed E-state index contributed by atoms with van der Waals surface area (Å²) < 4.78 is 6.89. The fraction of sp³-hybridized carbons (Fsp3) is 0.208. The van der Waals surface area contributed by atoms with Crippen LogP contribution in [0.3, 0.4) is 0 Å². The van der Waals surface area contributed by atoms with E-state index in [0.29, 0.717) is 11.8 Å². The summed E-state index contributed by atoms with van der Waals surface area (Å²) in [6.07, 6.45) is 0.187. The molecule has 2 aromatic carbocycles. The summed E-state index contributed by atoms with van der Waals surface area (Å²) in [5, 5.41) is 8.03. The molecule has 34 heavy (non-hydrogen) atoms. The number of aryl methyl sites for hydroxylation is 2. The number of hydrogen-bond donors (Lipinski definition) is 2. The van der Waals surface area contributed by atoms with Gasteiger partial charge in [-0.15, -0.1) is 10.2 Å². The number of nitrogens with one attached hydrogen (secondary N) is 1. The third-order valence-corrected chi connectivity index (χ3v) is 5.43. The third kappa shape index (κ3) is 4.80. The minimum Gasteiger partial charge on any atom is -0.421 e. The number of H-pyrrole nitrogens is 1. The van der Waals surface area contributed by atoms with Gasteiger partial charge in [-0.3, -0.25) is 19.1 Å². The predicted octanol–water partition coefficient (Wildman–Crippen LogP) is 2.12. The van der Waals surface area contributed by atoms with Crippen LogP contribution < -0.4 is 21.9 Å². The first-order valence-electron chi connectivity index (χ1n) is 10.7. The zero-order valence-electron chi connectivity index (χ0n) is 18.8. The van der Waals surface area contributed by atoms with Gasteiger partial charge in [-0.25, -0.2) is 4.79 Å². The molecular formula is C24H24N6O4. The van der Waals surface area contributed by atoms with Crippen molar-refractivity contribution in [3.8, 4) is 11.5 Å². The Labute approximate surface area is 194 Å². The minimum atomic E-state index is -0.734. The van der Waals surface area contributed by atoms with Gasteiger partial charge < -0.3 is 15.1 Å². The summed E-state index contributed by atoms with van der Waals surface area (Å²) in [5.74, 6) is 0.183. The van der Waals surface area contributed by atoms with Crippen LogP contribution in [0.1, 0.15) is 23.4 Å². The first kappa shape index (κ1) is 22.7. The molecule has 2 aromatic heterocycles. The number of anilines is 2. The average Bonchev–Trinajstić information content (AvgIpc) is 3.30. The Morgan fingerprint density at radius 3 is 2.50 bits per heavy atom. The van der Waals surface area contributed by atoms with Gasteiger partial charge in [0.25, 0.3) is 5.56 Å². The highest BCUT2D eigenvalue weighted by Gasteiger charge is 2.22. The summed E-state index contributed by atoms with van der Waals surface area (Å²) in [4.78, 5) is 41.1. The number of nitrogen functional groups attached to an aromatic ring is 1. The van der Waals surface area contributed by atoms with Crippen molar-refractivity contribution in [2.75, 3.05) is 17.7 Å². The van der Waals surface area contributed by atoms with Crippen LogP contribution in [0.15, 0.2) is 68.6 Å². The van der Waals surface area contributed by atoms with E-state index < -0.39 is 17.2 Å². The molecule has 10 nitrogen and oxygen atoms in total. The Morgan fingerprint density at radius 1 is 1.09 bits per heavy atom. The molecule has 0 aliphatic heterocycles. The highest BCUT2D eigenvalue weighted by Crippen LogP contribution is 2.20. The number of hydrogen-bond acceptors (Lipinski definition) is 7. The zero-order chi connectivity index (χ0) is 24.2. The van der Waals surface area contributed by atoms with Crippen molar-refractivity contribution in [2.45, 2.75) is 26.3 Å². The number of aromatic nitrogens is 4. The van der Waals surface area contributed by atoms with E-state index in [9.17, 15) is 14.4 Å². The highest BCUT2D eigenvalue weighted by atomic mass is 16.4. The van der Waals surface area contributed by atoms with Gasteiger partial charge in [-0.1, -0.05) is 48.0 Å². The maximum atomic E-state index is 12.8. The van der Waals surface area contributed by atoms with Crippen molar-refractivity contribution in [3.63, 3.8) is 0 Å². The number of amides is 1. The molecule has 0 radical (unpaired) electrons. The van der Waals surface area contributed by atoms with Gasteiger partial charge in [0, 0.05) is 25.5 Å². The maximum Gasteiger partial charge on any atom is 0.330 e. The van der Waals surface area contributed by atoms with Gasteiger partial charge >= 0.3 is 5.69 Å². The monoisotopic (exact) mass is 460 g/mol. The summed E-state index contributed by atoms with van der Waals surface area (Å²) in [6.45, 7) is 2.14. The van der Waals surface area contributed by atoms with E-state index in [0.717, 1.165) is 21.6 Å². The predicted molar refractivity (Wildman–Crippen MR) is 127 cm³/mol. The molecule has 10 heteroatoms. The number of carbonyl (C=O) groups excluding carboxylic acids is 1. The van der Waals surface area contributed by atoms with Crippen LogP contribution >= 0.6 is 0 Å². The maximum absolute atomic E-state index is 12.8. The molecule has 1 amide bonds. The molecule has 0 unspecified atom stereocenters. The lowest BCUT2D eigenvalue weighted by Crippen LogP contribution is -2.39. The lowest BCUT2D eigenvalue weighted by atomic mass is 10.1. The largest absolute Gasteiger partial charge is 0.421 e. The summed E-state index contributed by atoms with van der Waals surface area (Å²) >= 11 is 0. The first-order chi connectivity index (χ1) is 16.3. The van der Waals surface area contributed by atoms with Crippen molar-refractivity contribution in [3.05, 3.63) is 92.5 Å². The number of rotatable bonds is 7. The van der Waals surface area contributed by atoms with Gasteiger partial charge in [0.1, 0.15) is 5.82 Å². The van der Waals surface area contributed by atoms with Crippen LogP contribution in [0.5, 0.6) is 0 Å². The van der Waals surface area contributed by atoms with Crippen molar-refractivity contribution < 1.29 is 9.21 Å². The Kier molecular flexibility index (Phi) is 6.39. The van der Waals surface area contributed by atoms with Crippen LogP contribution in [-0.4, -0.2) is 32.7 Å². The van der Waals surface area contributed by atoms with Crippen molar-refractivity contribution in [1.82, 2.24) is 19.7 Å². The average molecular weight is 460 g/mol. The standard InChI is InChI=1S/C24H24N6O4/c1-15-8-10-17(11-9-15)23-28-27-18(34-23)12-13-19(31)29(2)20-21(25)30(24(33)26-22(20)32)14-16-6-4-3-5-7-16/h3-11H,12-14,25H2,1-2H3,(H,26,32,33). The second kappa shape index (κ2) is 9.57. The summed E-state index contributed by atoms with van der Waals surface area (Å²) in [5.41, 5.74) is 7.41. The van der Waals surface area contributed by atoms with Crippen molar-refractivity contribution in [2.24, 2.45) is 0 Å². The van der Waals surface area contributed by atoms with E-state index in [1.165, 1.54) is 11.6 Å². The zero-order valence-corrected chi connectivity index (χ0v) is 18.8. The van der Waals surface area contributed by atoms with Crippen LogP contribution in [0.25, 0.3) is 11.5 Å². The minimum absolute atomic E-state index is 0.00270. The molecule has 0 saturated heterocycles. The summed E-state index contributed by atoms with van der Waals surface area (Å²) in [6, 6.07) is 16.8. The molecule has 0 bridgehead atoms. The fourth-order valence-corrected chi connectivity index (χ4v) is 3.50. The van der Waals surface area contributed by atoms with Gasteiger partial charge in [0.15, 0.2) is 5.69 Å². The van der Waals surface area contributed by atoms with Crippen molar-refractivity contribution in [1.29, 1.82) is 0 Å². The molecule has 0 spiro atoms. The topological polar surface area (TPSA) is 140 Å². The molecule has 0 saturated carbocycles. The van der Waals surface area contributed by atoms with E-state index in [1.807, 2.05) is 61.5 Å². The Bertz CT molecular complexity index is 1420. The molecule has 3 N–H and O–H groups in total. The molecular weight excluding hydrogens is 436 g/mol. The number of carbonyl (C=O) groups is 1. The van der Waals surface area contributed by atoms with E-state index in [1.54, 1.807) is 0 Å². The van der Waals surface area contributed by atoms with Crippen LogP contribution in [0.2, 0.25) is 0 Å². The molecule has 0 fully saturated rings. The van der Waals surface area contributed by atoms with Gasteiger partial charge in [-0.2, -0.15) is 0 Å². The molecule has 4 rings (SSSR count). The summed E-state index contributed by atoms with van der Waals surface area (Å²) in [7, 11) is 1.44. The molecule has 174 valence electrons. The Balaban J connectivity index is 1.49. The number of nitrogens with zero attached hydrogens (tertiary/aromatic N) is 4. The van der Waals surface area contributed by atoms with Crippen LogP contribution in [0, 0.1) is 6.92 Å². The van der Waals surface area contributed by atoms with Crippen molar-refractivity contribution >= 4 is 17.4 Å². The van der Waals surface area contributed by atoms with Gasteiger partial charge in [-0.05, 0) is 24.6 Å². The van der Waals surface area contributed by atoms with Gasteiger partial charge in [0.2, 0.25) is 17.7 Å². The number of benzene rings is 2. The van der Waals surface area contributed by atoms with E-state index >= 15 is 0 Å². The second-order valence-corrected chi connectivity index (χ2v) is 7.88. The van der Waals surface area contributed by atoms with E-state index in [-0.39, 0.29) is 30.9 Å². The number of aromatic amines is 1. The third-order valence-electron chi connectivity index (χ3n) is 5.43.